The zero-order valence-electron chi connectivity index (χ0n) is 9.86. The van der Waals surface area contributed by atoms with E-state index in [-0.39, 0.29) is 0 Å². The first-order valence-electron chi connectivity index (χ1n) is 6.13. The van der Waals surface area contributed by atoms with Crippen LogP contribution in [0.3, 0.4) is 0 Å². The van der Waals surface area contributed by atoms with E-state index in [1.807, 2.05) is 6.07 Å². The van der Waals surface area contributed by atoms with Gasteiger partial charge in [0.05, 0.1) is 6.26 Å². The molecule has 88 valence electrons. The molecular formula is C15H17NO. The summed E-state index contributed by atoms with van der Waals surface area (Å²) in [6, 6.07) is 14.8. The minimum Gasteiger partial charge on any atom is -0.469 e. The van der Waals surface area contributed by atoms with E-state index >= 15 is 0 Å². The fraction of sp³-hybridized carbons (Fsp3) is 0.333. The third-order valence-electron chi connectivity index (χ3n) is 3.55. The molecule has 2 aromatic rings. The van der Waals surface area contributed by atoms with Crippen LogP contribution in [0, 0.1) is 5.41 Å². The Morgan fingerprint density at radius 2 is 1.82 bits per heavy atom. The van der Waals surface area contributed by atoms with Gasteiger partial charge in [-0.05, 0) is 24.1 Å². The lowest BCUT2D eigenvalue weighted by Gasteiger charge is -2.42. The standard InChI is InChI=1S/C15H17NO/c1-2-5-13(6-3-1)9-15(11-16-12-15)10-14-7-4-8-17-14/h1-8,16H,9-12H2. The number of rotatable bonds is 4. The van der Waals surface area contributed by atoms with Crippen molar-refractivity contribution in [2.75, 3.05) is 13.1 Å². The van der Waals surface area contributed by atoms with Gasteiger partial charge in [0.2, 0.25) is 0 Å². The Morgan fingerprint density at radius 3 is 2.41 bits per heavy atom. The SMILES string of the molecule is c1ccc(CC2(Cc3ccco3)CNC2)cc1. The van der Waals surface area contributed by atoms with Crippen molar-refractivity contribution in [2.24, 2.45) is 5.41 Å². The molecule has 1 fully saturated rings. The summed E-state index contributed by atoms with van der Waals surface area (Å²) in [5.74, 6) is 1.10. The average molecular weight is 227 g/mol. The molecule has 0 aliphatic carbocycles. The molecule has 0 unspecified atom stereocenters. The Morgan fingerprint density at radius 1 is 1.00 bits per heavy atom. The number of furan rings is 1. The van der Waals surface area contributed by atoms with Gasteiger partial charge in [-0.3, -0.25) is 0 Å². The first-order chi connectivity index (χ1) is 8.36. The van der Waals surface area contributed by atoms with Gasteiger partial charge in [0.1, 0.15) is 5.76 Å². The van der Waals surface area contributed by atoms with E-state index in [0.717, 1.165) is 31.7 Å². The Hall–Kier alpha value is -1.54. The van der Waals surface area contributed by atoms with E-state index in [9.17, 15) is 0 Å². The monoisotopic (exact) mass is 227 g/mol. The molecule has 0 saturated carbocycles. The van der Waals surface area contributed by atoms with E-state index < -0.39 is 0 Å². The van der Waals surface area contributed by atoms with Crippen molar-refractivity contribution in [1.29, 1.82) is 0 Å². The summed E-state index contributed by atoms with van der Waals surface area (Å²) in [5, 5.41) is 3.39. The molecule has 0 bridgehead atoms. The lowest BCUT2D eigenvalue weighted by Crippen LogP contribution is -2.55. The Kier molecular flexibility index (Phi) is 2.73. The summed E-state index contributed by atoms with van der Waals surface area (Å²) in [6.45, 7) is 2.17. The molecule has 1 aliphatic heterocycles. The van der Waals surface area contributed by atoms with Gasteiger partial charge < -0.3 is 9.73 Å². The Bertz CT molecular complexity index is 457. The van der Waals surface area contributed by atoms with Crippen LogP contribution >= 0.6 is 0 Å². The lowest BCUT2D eigenvalue weighted by atomic mass is 9.73. The number of hydrogen-bond acceptors (Lipinski definition) is 2. The van der Waals surface area contributed by atoms with Crippen LogP contribution in [-0.4, -0.2) is 13.1 Å². The summed E-state index contributed by atoms with van der Waals surface area (Å²) < 4.78 is 5.47. The van der Waals surface area contributed by atoms with E-state index in [1.54, 1.807) is 6.26 Å². The largest absolute Gasteiger partial charge is 0.469 e. The minimum absolute atomic E-state index is 0.346. The van der Waals surface area contributed by atoms with Crippen LogP contribution in [0.5, 0.6) is 0 Å². The van der Waals surface area contributed by atoms with Crippen molar-refractivity contribution in [3.8, 4) is 0 Å². The van der Waals surface area contributed by atoms with Gasteiger partial charge in [-0.2, -0.15) is 0 Å². The first-order valence-corrected chi connectivity index (χ1v) is 6.13. The topological polar surface area (TPSA) is 25.2 Å². The quantitative estimate of drug-likeness (QED) is 0.868. The highest BCUT2D eigenvalue weighted by molar-refractivity contribution is 5.19. The first kappa shape index (κ1) is 10.6. The molecule has 1 saturated heterocycles. The predicted octanol–water partition coefficient (Wildman–Crippen LogP) is 2.65. The van der Waals surface area contributed by atoms with Gasteiger partial charge in [-0.1, -0.05) is 30.3 Å². The fourth-order valence-corrected chi connectivity index (χ4v) is 2.60. The minimum atomic E-state index is 0.346. The maximum Gasteiger partial charge on any atom is 0.104 e. The van der Waals surface area contributed by atoms with E-state index in [0.29, 0.717) is 5.41 Å². The smallest absolute Gasteiger partial charge is 0.104 e. The molecule has 1 aromatic carbocycles. The van der Waals surface area contributed by atoms with Crippen LogP contribution in [0.25, 0.3) is 0 Å². The molecule has 17 heavy (non-hydrogen) atoms. The fourth-order valence-electron chi connectivity index (χ4n) is 2.60. The Labute approximate surface area is 102 Å². The van der Waals surface area contributed by atoms with Gasteiger partial charge in [-0.15, -0.1) is 0 Å². The highest BCUT2D eigenvalue weighted by atomic mass is 16.3. The highest BCUT2D eigenvalue weighted by Crippen LogP contribution is 2.32. The van der Waals surface area contributed by atoms with Gasteiger partial charge in [-0.25, -0.2) is 0 Å². The highest BCUT2D eigenvalue weighted by Gasteiger charge is 2.37. The zero-order chi connectivity index (χ0) is 11.6. The molecular weight excluding hydrogens is 210 g/mol. The van der Waals surface area contributed by atoms with Crippen LogP contribution in [0.4, 0.5) is 0 Å². The molecule has 0 atom stereocenters. The Balaban J connectivity index is 1.74. The van der Waals surface area contributed by atoms with Crippen LogP contribution in [0.15, 0.2) is 53.1 Å². The molecule has 2 nitrogen and oxygen atoms in total. The van der Waals surface area contributed by atoms with Crippen LogP contribution < -0.4 is 5.32 Å². The zero-order valence-corrected chi connectivity index (χ0v) is 9.86. The van der Waals surface area contributed by atoms with Gasteiger partial charge in [0.25, 0.3) is 0 Å². The van der Waals surface area contributed by atoms with Crippen molar-refractivity contribution in [3.05, 3.63) is 60.1 Å². The van der Waals surface area contributed by atoms with Gasteiger partial charge in [0.15, 0.2) is 0 Å². The van der Waals surface area contributed by atoms with E-state index in [1.165, 1.54) is 5.56 Å². The normalized spacial score (nSPS) is 17.6. The van der Waals surface area contributed by atoms with Crippen molar-refractivity contribution in [1.82, 2.24) is 5.32 Å². The summed E-state index contributed by atoms with van der Waals surface area (Å²) >= 11 is 0. The average Bonchev–Trinajstić information content (AvgIpc) is 2.80. The summed E-state index contributed by atoms with van der Waals surface area (Å²) in [7, 11) is 0. The molecule has 3 rings (SSSR count). The van der Waals surface area contributed by atoms with Crippen molar-refractivity contribution < 1.29 is 4.42 Å². The molecule has 2 heterocycles. The van der Waals surface area contributed by atoms with E-state index in [2.05, 4.69) is 41.7 Å². The third-order valence-corrected chi connectivity index (χ3v) is 3.55. The second kappa shape index (κ2) is 4.38. The molecule has 1 N–H and O–H groups in total. The van der Waals surface area contributed by atoms with E-state index in [4.69, 9.17) is 4.42 Å². The van der Waals surface area contributed by atoms with Gasteiger partial charge >= 0.3 is 0 Å². The predicted molar refractivity (Wildman–Crippen MR) is 67.9 cm³/mol. The second-order valence-corrected chi connectivity index (χ2v) is 5.02. The maximum atomic E-state index is 5.47. The number of nitrogens with one attached hydrogen (secondary N) is 1. The van der Waals surface area contributed by atoms with Crippen molar-refractivity contribution >= 4 is 0 Å². The summed E-state index contributed by atoms with van der Waals surface area (Å²) in [4.78, 5) is 0. The van der Waals surface area contributed by atoms with Gasteiger partial charge in [0, 0.05) is 24.9 Å². The van der Waals surface area contributed by atoms with Crippen LogP contribution in [0.2, 0.25) is 0 Å². The lowest BCUT2D eigenvalue weighted by molar-refractivity contribution is 0.156. The molecule has 2 heteroatoms. The summed E-state index contributed by atoms with van der Waals surface area (Å²) in [6.07, 6.45) is 3.92. The second-order valence-electron chi connectivity index (χ2n) is 5.02. The molecule has 0 radical (unpaired) electrons. The molecule has 0 amide bonds. The van der Waals surface area contributed by atoms with Crippen molar-refractivity contribution in [2.45, 2.75) is 12.8 Å². The molecule has 1 aromatic heterocycles. The summed E-state index contributed by atoms with van der Waals surface area (Å²) in [5.41, 5.74) is 1.76. The number of hydrogen-bond donors (Lipinski definition) is 1. The van der Waals surface area contributed by atoms with Crippen LogP contribution in [-0.2, 0) is 12.8 Å². The molecule has 0 spiro atoms. The van der Waals surface area contributed by atoms with Crippen LogP contribution in [0.1, 0.15) is 11.3 Å². The molecule has 1 aliphatic rings. The third kappa shape index (κ3) is 2.27. The maximum absolute atomic E-state index is 5.47. The van der Waals surface area contributed by atoms with Crippen molar-refractivity contribution in [3.63, 3.8) is 0 Å². The number of benzene rings is 1.